The molecular weight excluding hydrogens is 444 g/mol. The molecule has 0 saturated carbocycles. The third-order valence-electron chi connectivity index (χ3n) is 4.09. The van der Waals surface area contributed by atoms with Gasteiger partial charge < -0.3 is 14.8 Å². The van der Waals surface area contributed by atoms with E-state index in [2.05, 4.69) is 10.0 Å². The Hall–Kier alpha value is -2.75. The summed E-state index contributed by atoms with van der Waals surface area (Å²) in [4.78, 5) is 24.8. The number of amides is 1. The van der Waals surface area contributed by atoms with Gasteiger partial charge in [-0.2, -0.15) is 4.72 Å². The normalized spacial score (nSPS) is 13.7. The predicted octanol–water partition coefficient (Wildman–Crippen LogP) is 3.74. The maximum Gasteiger partial charge on any atom is 0.327 e. The van der Waals surface area contributed by atoms with Crippen LogP contribution < -0.4 is 10.0 Å². The van der Waals surface area contributed by atoms with Crippen molar-refractivity contribution in [2.75, 3.05) is 11.9 Å². The molecule has 33 heavy (non-hydrogen) atoms. The van der Waals surface area contributed by atoms with Gasteiger partial charge >= 0.3 is 5.97 Å². The molecule has 1 atom stereocenters. The molecule has 1 unspecified atom stereocenters. The molecule has 1 amide bonds. The van der Waals surface area contributed by atoms with Gasteiger partial charge in [0.2, 0.25) is 10.0 Å². The number of carbonyl (C=O) groups is 2. The second kappa shape index (κ2) is 10.5. The number of nitrogens with one attached hydrogen (secondary N) is 2. The molecule has 9 heteroatoms. The van der Waals surface area contributed by atoms with Gasteiger partial charge in [0.25, 0.3) is 5.91 Å². The van der Waals surface area contributed by atoms with Crippen LogP contribution in [-0.2, 0) is 24.3 Å². The number of hydrogen-bond donors (Lipinski definition) is 2. The van der Waals surface area contributed by atoms with Gasteiger partial charge in [0.05, 0.1) is 17.1 Å². The average molecular weight is 478 g/mol. The maximum atomic E-state index is 13.0. The van der Waals surface area contributed by atoms with E-state index in [1.165, 1.54) is 24.3 Å². The van der Waals surface area contributed by atoms with Crippen molar-refractivity contribution in [3.63, 3.8) is 0 Å². The van der Waals surface area contributed by atoms with Crippen molar-refractivity contribution in [2.45, 2.75) is 63.7 Å². The molecule has 0 radical (unpaired) electrons. The van der Waals surface area contributed by atoms with Crippen LogP contribution >= 0.6 is 0 Å². The number of hydrogen-bond acceptors (Lipinski definition) is 6. The predicted molar refractivity (Wildman–Crippen MR) is 126 cm³/mol. The first kappa shape index (κ1) is 24.9. The summed E-state index contributed by atoms with van der Waals surface area (Å²) in [5.41, 5.74) is -0.817. The van der Waals surface area contributed by atoms with Crippen LogP contribution in [0.15, 0.2) is 59.5 Å². The van der Waals surface area contributed by atoms with Gasteiger partial charge in [-0.1, -0.05) is 18.2 Å². The van der Waals surface area contributed by atoms with Crippen molar-refractivity contribution < 1.29 is 28.9 Å². The second-order valence-corrected chi connectivity index (χ2v) is 10.8. The number of esters is 1. The summed E-state index contributed by atoms with van der Waals surface area (Å²) in [5.74, 6) is -1.11. The fourth-order valence-electron chi connectivity index (χ4n) is 2.60. The highest BCUT2D eigenvalue weighted by atomic mass is 32.2. The number of benzene rings is 2. The minimum Gasteiger partial charge on any atom is -0.459 e. The van der Waals surface area contributed by atoms with Gasteiger partial charge in [-0.05, 0) is 77.9 Å². The number of carbonyl (C=O) groups excluding carboxylic acids is 2. The highest BCUT2D eigenvalue weighted by Crippen LogP contribution is 2.17. The zero-order valence-corrected chi connectivity index (χ0v) is 20.4. The van der Waals surface area contributed by atoms with Crippen LogP contribution in [0.4, 0.5) is 5.69 Å². The second-order valence-electron chi connectivity index (χ2n) is 9.12. The molecule has 2 rings (SSSR count). The summed E-state index contributed by atoms with van der Waals surface area (Å²) >= 11 is 0. The highest BCUT2D eigenvalue weighted by molar-refractivity contribution is 7.89. The third kappa shape index (κ3) is 8.95. The molecule has 0 aliphatic carbocycles. The molecule has 0 heterocycles. The van der Waals surface area contributed by atoms with Crippen molar-refractivity contribution in [1.82, 2.24) is 4.72 Å². The minimum absolute atomic E-state index is 0.0725. The molecule has 8 nitrogen and oxygen atoms in total. The number of rotatable bonds is 8. The Morgan fingerprint density at radius 3 is 2.12 bits per heavy atom. The lowest BCUT2D eigenvalue weighted by atomic mass is 10.2. The summed E-state index contributed by atoms with van der Waals surface area (Å²) in [7, 11) is -4.12. The molecular formula is C24H32N2O6S. The summed E-state index contributed by atoms with van der Waals surface area (Å²) in [6, 6.07) is 12.9. The minimum atomic E-state index is -4.12. The van der Waals surface area contributed by atoms with Crippen molar-refractivity contribution in [1.29, 1.82) is 0 Å². The lowest BCUT2D eigenvalue weighted by molar-refractivity contribution is -0.159. The summed E-state index contributed by atoms with van der Waals surface area (Å²) < 4.78 is 46.7. The van der Waals surface area contributed by atoms with E-state index in [-0.39, 0.29) is 24.3 Å². The molecule has 0 aliphatic rings. The Bertz CT molecular complexity index is 1080. The number of anilines is 1. The van der Waals surface area contributed by atoms with E-state index in [0.717, 1.165) is 0 Å². The van der Waals surface area contributed by atoms with E-state index in [1.807, 2.05) is 0 Å². The highest BCUT2D eigenvalue weighted by Gasteiger charge is 2.31. The van der Waals surface area contributed by atoms with E-state index in [0.29, 0.717) is 11.3 Å². The first-order valence-electron chi connectivity index (χ1n) is 11.1. The van der Waals surface area contributed by atoms with Crippen LogP contribution in [0.2, 0.25) is 0 Å². The Balaban J connectivity index is 2.16. The van der Waals surface area contributed by atoms with Crippen LogP contribution in [-0.4, -0.2) is 44.1 Å². The Kier molecular flexibility index (Phi) is 7.88. The monoisotopic (exact) mass is 477 g/mol. The van der Waals surface area contributed by atoms with E-state index < -0.39 is 33.2 Å². The van der Waals surface area contributed by atoms with Crippen LogP contribution in [0.25, 0.3) is 0 Å². The van der Waals surface area contributed by atoms with Gasteiger partial charge in [0.1, 0.15) is 11.6 Å². The molecule has 2 aromatic rings. The van der Waals surface area contributed by atoms with Crippen LogP contribution in [0.5, 0.6) is 0 Å². The number of sulfonamides is 1. The molecule has 180 valence electrons. The van der Waals surface area contributed by atoms with Crippen molar-refractivity contribution in [3.8, 4) is 0 Å². The number of ether oxygens (including phenoxy) is 2. The summed E-state index contributed by atoms with van der Waals surface area (Å²) in [6.07, 6.45) is 0. The van der Waals surface area contributed by atoms with E-state index in [4.69, 9.17) is 10.8 Å². The van der Waals surface area contributed by atoms with Gasteiger partial charge in [-0.3, -0.25) is 9.59 Å². The molecule has 0 fully saturated rings. The van der Waals surface area contributed by atoms with Gasteiger partial charge in [-0.25, -0.2) is 8.42 Å². The molecule has 0 spiro atoms. The van der Waals surface area contributed by atoms with Crippen LogP contribution in [0.1, 0.15) is 53.2 Å². The smallest absolute Gasteiger partial charge is 0.327 e. The SMILES string of the molecule is [2H]CC(C)(C)OCC(NS(=O)(=O)c1ccc(NC(=O)c2ccccc2)cc1)C(=O)OC(C)(C)C. The standard InChI is InChI=1S/C24H32N2O6S/c1-23(2,3)31-16-20(22(28)32-24(4,5)6)26-33(29,30)19-14-12-18(13-15-19)25-21(27)17-10-8-7-9-11-17/h7-15,20,26H,16H2,1-6H3,(H,25,27)/i1D. The van der Waals surface area contributed by atoms with E-state index >= 15 is 0 Å². The van der Waals surface area contributed by atoms with Crippen molar-refractivity contribution in [3.05, 3.63) is 60.2 Å². The van der Waals surface area contributed by atoms with Crippen LogP contribution in [0.3, 0.4) is 0 Å². The summed E-state index contributed by atoms with van der Waals surface area (Å²) in [5, 5.41) is 2.70. The third-order valence-corrected chi connectivity index (χ3v) is 5.58. The molecule has 2 aromatic carbocycles. The van der Waals surface area contributed by atoms with Gasteiger partial charge in [0, 0.05) is 12.6 Å². The Labute approximate surface area is 197 Å². The quantitative estimate of drug-likeness (QED) is 0.561. The lowest BCUT2D eigenvalue weighted by Gasteiger charge is -2.27. The summed E-state index contributed by atoms with van der Waals surface area (Å²) in [6.45, 7) is 7.99. The Morgan fingerprint density at radius 1 is 0.970 bits per heavy atom. The average Bonchev–Trinajstić information content (AvgIpc) is 2.76. The fourth-order valence-corrected chi connectivity index (χ4v) is 3.77. The van der Waals surface area contributed by atoms with E-state index in [1.54, 1.807) is 65.0 Å². The van der Waals surface area contributed by atoms with E-state index in [9.17, 15) is 18.0 Å². The first-order chi connectivity index (χ1) is 15.7. The topological polar surface area (TPSA) is 111 Å². The van der Waals surface area contributed by atoms with Gasteiger partial charge in [0.15, 0.2) is 0 Å². The largest absolute Gasteiger partial charge is 0.459 e. The van der Waals surface area contributed by atoms with Crippen molar-refractivity contribution in [2.24, 2.45) is 0 Å². The molecule has 2 N–H and O–H groups in total. The molecule has 0 bridgehead atoms. The van der Waals surface area contributed by atoms with Crippen LogP contribution in [0, 0.1) is 0 Å². The molecule has 0 saturated heterocycles. The lowest BCUT2D eigenvalue weighted by Crippen LogP contribution is -2.48. The first-order valence-corrected chi connectivity index (χ1v) is 11.9. The van der Waals surface area contributed by atoms with Crippen molar-refractivity contribution >= 4 is 27.6 Å². The maximum absolute atomic E-state index is 13.0. The molecule has 0 aromatic heterocycles. The van der Waals surface area contributed by atoms with Gasteiger partial charge in [-0.15, -0.1) is 0 Å². The molecule has 0 aliphatic heterocycles. The zero-order chi connectivity index (χ0) is 25.6. The Morgan fingerprint density at radius 2 is 1.58 bits per heavy atom. The zero-order valence-electron chi connectivity index (χ0n) is 20.5. The fraction of sp³-hybridized carbons (Fsp3) is 0.417.